The van der Waals surface area contributed by atoms with Crippen LogP contribution in [-0.4, -0.2) is 6.16 Å². The van der Waals surface area contributed by atoms with Crippen molar-refractivity contribution in [2.24, 2.45) is 0 Å². The van der Waals surface area contributed by atoms with Gasteiger partial charge in [0.2, 0.25) is 0 Å². The first-order valence-corrected chi connectivity index (χ1v) is 9.85. The van der Waals surface area contributed by atoms with E-state index in [0.717, 1.165) is 12.8 Å². The van der Waals surface area contributed by atoms with Crippen molar-refractivity contribution in [3.63, 3.8) is 0 Å². The first kappa shape index (κ1) is 16.0. The van der Waals surface area contributed by atoms with Crippen LogP contribution >= 0.6 is 7.92 Å². The second kappa shape index (κ2) is 8.09. The zero-order valence-electron chi connectivity index (χ0n) is 13.7. The first-order valence-electron chi connectivity index (χ1n) is 8.32. The first-order chi connectivity index (χ1) is 11.4. The molecule has 0 atom stereocenters. The van der Waals surface area contributed by atoms with Gasteiger partial charge in [0.05, 0.1) is 0 Å². The Morgan fingerprint density at radius 3 is 1.57 bits per heavy atom. The summed E-state index contributed by atoms with van der Waals surface area (Å²) in [6, 6.07) is 31.1. The molecule has 0 amide bonds. The van der Waals surface area contributed by atoms with Crippen LogP contribution in [0.1, 0.15) is 18.1 Å². The van der Waals surface area contributed by atoms with E-state index < -0.39 is 0 Å². The van der Waals surface area contributed by atoms with Crippen LogP contribution in [0.5, 0.6) is 0 Å². The molecule has 1 heteroatoms. The fourth-order valence-electron chi connectivity index (χ4n) is 2.81. The Bertz CT molecular complexity index is 662. The van der Waals surface area contributed by atoms with Crippen LogP contribution in [0.15, 0.2) is 84.9 Å². The molecular formula is C22H23P. The Morgan fingerprint density at radius 1 is 0.609 bits per heavy atom. The number of hydrogen-bond acceptors (Lipinski definition) is 0. The third-order valence-corrected chi connectivity index (χ3v) is 6.70. The van der Waals surface area contributed by atoms with Crippen molar-refractivity contribution in [1.82, 2.24) is 0 Å². The summed E-state index contributed by atoms with van der Waals surface area (Å²) in [6.45, 7) is 2.21. The molecule has 0 aromatic heterocycles. The molecule has 0 heterocycles. The molecular weight excluding hydrogens is 295 g/mol. The molecule has 23 heavy (non-hydrogen) atoms. The maximum absolute atomic E-state index is 2.29. The van der Waals surface area contributed by atoms with Gasteiger partial charge in [-0.3, -0.25) is 0 Å². The van der Waals surface area contributed by atoms with E-state index in [4.69, 9.17) is 0 Å². The molecule has 0 saturated carbocycles. The molecule has 3 aromatic rings. The second-order valence-corrected chi connectivity index (χ2v) is 8.08. The van der Waals surface area contributed by atoms with Gasteiger partial charge in [0.1, 0.15) is 0 Å². The van der Waals surface area contributed by atoms with Gasteiger partial charge in [0, 0.05) is 0 Å². The summed E-state index contributed by atoms with van der Waals surface area (Å²) in [5.74, 6) is 0. The lowest BCUT2D eigenvalue weighted by molar-refractivity contribution is 1.11. The average molecular weight is 318 g/mol. The molecule has 0 aliphatic rings. The van der Waals surface area contributed by atoms with Crippen molar-refractivity contribution in [2.75, 3.05) is 6.16 Å². The van der Waals surface area contributed by atoms with Crippen LogP contribution in [-0.2, 0) is 12.8 Å². The van der Waals surface area contributed by atoms with Gasteiger partial charge in [-0.1, -0.05) is 91.9 Å². The lowest BCUT2D eigenvalue weighted by Crippen LogP contribution is -2.14. The van der Waals surface area contributed by atoms with Gasteiger partial charge in [-0.05, 0) is 48.7 Å². The van der Waals surface area contributed by atoms with Crippen molar-refractivity contribution in [3.05, 3.63) is 96.1 Å². The second-order valence-electron chi connectivity index (χ2n) is 5.74. The lowest BCUT2D eigenvalue weighted by Gasteiger charge is -2.19. The molecule has 0 radical (unpaired) electrons. The lowest BCUT2D eigenvalue weighted by atomic mass is 10.1. The van der Waals surface area contributed by atoms with E-state index in [2.05, 4.69) is 91.9 Å². The molecule has 0 unspecified atom stereocenters. The minimum absolute atomic E-state index is 0.286. The fourth-order valence-corrected chi connectivity index (χ4v) is 5.17. The smallest absolute Gasteiger partial charge is 0.0195 e. The highest BCUT2D eigenvalue weighted by atomic mass is 31.1. The van der Waals surface area contributed by atoms with Crippen molar-refractivity contribution in [3.8, 4) is 0 Å². The zero-order valence-corrected chi connectivity index (χ0v) is 14.5. The highest BCUT2D eigenvalue weighted by molar-refractivity contribution is 7.73. The number of benzene rings is 3. The Labute approximate surface area is 141 Å². The SMILES string of the molecule is CCc1ccc(CCP(c2ccccc2)c2ccccc2)cc1. The molecule has 0 N–H and O–H groups in total. The minimum Gasteiger partial charge on any atom is -0.0622 e. The van der Waals surface area contributed by atoms with Crippen LogP contribution < -0.4 is 10.6 Å². The predicted octanol–water partition coefficient (Wildman–Crippen LogP) is 4.92. The van der Waals surface area contributed by atoms with Gasteiger partial charge in [-0.2, -0.15) is 0 Å². The van der Waals surface area contributed by atoms with Gasteiger partial charge < -0.3 is 0 Å². The summed E-state index contributed by atoms with van der Waals surface area (Å²) in [7, 11) is -0.286. The molecule has 0 fully saturated rings. The Kier molecular flexibility index (Phi) is 5.61. The Morgan fingerprint density at radius 2 is 1.09 bits per heavy atom. The van der Waals surface area contributed by atoms with Crippen LogP contribution in [0.4, 0.5) is 0 Å². The Balaban J connectivity index is 1.79. The van der Waals surface area contributed by atoms with Gasteiger partial charge in [0.15, 0.2) is 0 Å². The van der Waals surface area contributed by atoms with E-state index in [1.165, 1.54) is 27.9 Å². The number of aryl methyl sites for hydroxylation is 2. The summed E-state index contributed by atoms with van der Waals surface area (Å²) >= 11 is 0. The van der Waals surface area contributed by atoms with Gasteiger partial charge in [0.25, 0.3) is 0 Å². The van der Waals surface area contributed by atoms with E-state index in [1.54, 1.807) is 0 Å². The van der Waals surface area contributed by atoms with E-state index in [9.17, 15) is 0 Å². The maximum atomic E-state index is 2.29. The number of hydrogen-bond donors (Lipinski definition) is 0. The summed E-state index contributed by atoms with van der Waals surface area (Å²) in [5.41, 5.74) is 2.86. The van der Waals surface area contributed by atoms with E-state index in [0.29, 0.717) is 0 Å². The normalized spacial score (nSPS) is 10.9. The molecule has 0 bridgehead atoms. The molecule has 3 aromatic carbocycles. The molecule has 0 nitrogen and oxygen atoms in total. The van der Waals surface area contributed by atoms with E-state index in [-0.39, 0.29) is 7.92 Å². The monoisotopic (exact) mass is 318 g/mol. The highest BCUT2D eigenvalue weighted by Gasteiger charge is 2.13. The fraction of sp³-hybridized carbons (Fsp3) is 0.182. The van der Waals surface area contributed by atoms with Crippen molar-refractivity contribution in [2.45, 2.75) is 19.8 Å². The third kappa shape index (κ3) is 4.30. The quantitative estimate of drug-likeness (QED) is 0.566. The summed E-state index contributed by atoms with van der Waals surface area (Å²) in [6.07, 6.45) is 3.45. The van der Waals surface area contributed by atoms with Gasteiger partial charge in [-0.25, -0.2) is 0 Å². The van der Waals surface area contributed by atoms with E-state index in [1.807, 2.05) is 0 Å². The van der Waals surface area contributed by atoms with Crippen LogP contribution in [0, 0.1) is 0 Å². The highest BCUT2D eigenvalue weighted by Crippen LogP contribution is 2.34. The molecule has 0 aliphatic heterocycles. The van der Waals surface area contributed by atoms with Crippen molar-refractivity contribution in [1.29, 1.82) is 0 Å². The van der Waals surface area contributed by atoms with Crippen molar-refractivity contribution < 1.29 is 0 Å². The van der Waals surface area contributed by atoms with Crippen LogP contribution in [0.3, 0.4) is 0 Å². The summed E-state index contributed by atoms with van der Waals surface area (Å²) in [5, 5.41) is 2.94. The summed E-state index contributed by atoms with van der Waals surface area (Å²) < 4.78 is 0. The standard InChI is InChI=1S/C22H23P/c1-2-19-13-15-20(16-14-19)17-18-23(21-9-5-3-6-10-21)22-11-7-4-8-12-22/h3-16H,2,17-18H2,1H3. The Hall–Kier alpha value is -1.91. The topological polar surface area (TPSA) is 0 Å². The molecule has 116 valence electrons. The van der Waals surface area contributed by atoms with Crippen LogP contribution in [0.2, 0.25) is 0 Å². The van der Waals surface area contributed by atoms with E-state index >= 15 is 0 Å². The van der Waals surface area contributed by atoms with Crippen LogP contribution in [0.25, 0.3) is 0 Å². The van der Waals surface area contributed by atoms with Gasteiger partial charge in [-0.15, -0.1) is 0 Å². The molecule has 0 spiro atoms. The maximum Gasteiger partial charge on any atom is -0.0195 e. The third-order valence-electron chi connectivity index (χ3n) is 4.19. The minimum atomic E-state index is -0.286. The largest absolute Gasteiger partial charge is 0.0622 e. The average Bonchev–Trinajstić information content (AvgIpc) is 2.64. The number of rotatable bonds is 6. The van der Waals surface area contributed by atoms with Gasteiger partial charge >= 0.3 is 0 Å². The van der Waals surface area contributed by atoms with Crippen molar-refractivity contribution >= 4 is 18.5 Å². The molecule has 0 aliphatic carbocycles. The molecule has 3 rings (SSSR count). The molecule has 0 saturated heterocycles. The summed E-state index contributed by atoms with van der Waals surface area (Å²) in [4.78, 5) is 0. The zero-order chi connectivity index (χ0) is 15.9. The predicted molar refractivity (Wildman–Crippen MR) is 103 cm³/mol.